The van der Waals surface area contributed by atoms with E-state index in [1.165, 1.54) is 12.7 Å². The number of hydrogen-bond donors (Lipinski definition) is 2. The predicted molar refractivity (Wildman–Crippen MR) is 123 cm³/mol. The number of nitrogens with one attached hydrogen (secondary N) is 1. The number of esters is 1. The Hall–Kier alpha value is -2.99. The van der Waals surface area contributed by atoms with Gasteiger partial charge in [0.05, 0.1) is 24.2 Å². The molecule has 1 aliphatic heterocycles. The fourth-order valence-electron chi connectivity index (χ4n) is 3.92. The number of carboxylic acids is 1. The fraction of sp³-hybridized carbons (Fsp3) is 0.280. The number of rotatable bonds is 8. The van der Waals surface area contributed by atoms with Crippen LogP contribution in [0.1, 0.15) is 37.3 Å². The number of carboxylic acid groups (broad SMARTS) is 1. The number of methoxy groups -OCH3 is 1. The van der Waals surface area contributed by atoms with Crippen LogP contribution in [0.25, 0.3) is 0 Å². The maximum Gasteiger partial charge on any atom is 0.336 e. The Bertz CT molecular complexity index is 1030. The van der Waals surface area contributed by atoms with Crippen molar-refractivity contribution in [2.45, 2.75) is 37.5 Å². The molecule has 0 radical (unpaired) electrons. The number of carbonyl (C=O) groups is 2. The van der Waals surface area contributed by atoms with Crippen molar-refractivity contribution in [1.29, 1.82) is 0 Å². The standard InChI is InChI=1S/C25H27NO4S/c1-16-21(24(27)28)23(22(17(2)26-16)25(29)30-3)19-13-7-8-14-20(19)31-15-9-12-18-10-5-4-6-11-18/h4-8,10-11,13-14,23,26H,9,12,15H2,1-3H3,(H,27,28). The molecule has 1 atom stereocenters. The number of benzene rings is 2. The Labute approximate surface area is 187 Å². The van der Waals surface area contributed by atoms with E-state index in [1.54, 1.807) is 25.6 Å². The first-order chi connectivity index (χ1) is 14.9. The van der Waals surface area contributed by atoms with Gasteiger partial charge < -0.3 is 15.2 Å². The molecule has 2 N–H and O–H groups in total. The lowest BCUT2D eigenvalue weighted by Crippen LogP contribution is -2.31. The van der Waals surface area contributed by atoms with Crippen molar-refractivity contribution in [2.75, 3.05) is 12.9 Å². The van der Waals surface area contributed by atoms with Crippen molar-refractivity contribution in [1.82, 2.24) is 5.32 Å². The van der Waals surface area contributed by atoms with Crippen molar-refractivity contribution >= 4 is 23.7 Å². The molecule has 0 aromatic heterocycles. The molecule has 1 heterocycles. The molecular formula is C25H27NO4S. The second-order valence-electron chi connectivity index (χ2n) is 7.41. The zero-order valence-electron chi connectivity index (χ0n) is 18.0. The van der Waals surface area contributed by atoms with E-state index in [0.717, 1.165) is 29.1 Å². The molecule has 3 rings (SSSR count). The van der Waals surface area contributed by atoms with Crippen LogP contribution in [0.2, 0.25) is 0 Å². The summed E-state index contributed by atoms with van der Waals surface area (Å²) in [4.78, 5) is 25.8. The number of allylic oxidation sites excluding steroid dienone is 2. The zero-order chi connectivity index (χ0) is 22.4. The zero-order valence-corrected chi connectivity index (χ0v) is 18.8. The van der Waals surface area contributed by atoms with Gasteiger partial charge in [0, 0.05) is 16.3 Å². The number of hydrogen-bond acceptors (Lipinski definition) is 5. The summed E-state index contributed by atoms with van der Waals surface area (Å²) in [6.07, 6.45) is 1.98. The van der Waals surface area contributed by atoms with Crippen LogP contribution in [0, 0.1) is 0 Å². The largest absolute Gasteiger partial charge is 0.478 e. The molecule has 5 nitrogen and oxygen atoms in total. The Balaban J connectivity index is 1.90. The number of dihydropyridines is 1. The summed E-state index contributed by atoms with van der Waals surface area (Å²) in [5.74, 6) is -1.37. The number of aryl methyl sites for hydroxylation is 1. The quantitative estimate of drug-likeness (QED) is 0.347. The normalized spacial score (nSPS) is 16.2. The number of aliphatic carboxylic acids is 1. The average molecular weight is 438 g/mol. The second kappa shape index (κ2) is 10.4. The summed E-state index contributed by atoms with van der Waals surface area (Å²) < 4.78 is 5.00. The van der Waals surface area contributed by atoms with Crippen molar-refractivity contribution < 1.29 is 19.4 Å². The van der Waals surface area contributed by atoms with E-state index in [1.807, 2.05) is 42.5 Å². The number of carbonyl (C=O) groups excluding carboxylic acids is 1. The van der Waals surface area contributed by atoms with Gasteiger partial charge in [-0.1, -0.05) is 48.5 Å². The average Bonchev–Trinajstić information content (AvgIpc) is 2.76. The van der Waals surface area contributed by atoms with Gasteiger partial charge in [-0.15, -0.1) is 11.8 Å². The van der Waals surface area contributed by atoms with Gasteiger partial charge in [0.1, 0.15) is 0 Å². The van der Waals surface area contributed by atoms with E-state index in [2.05, 4.69) is 17.4 Å². The first-order valence-electron chi connectivity index (χ1n) is 10.2. The lowest BCUT2D eigenvalue weighted by atomic mass is 9.80. The van der Waals surface area contributed by atoms with E-state index < -0.39 is 17.9 Å². The van der Waals surface area contributed by atoms with Gasteiger partial charge in [0.15, 0.2) is 0 Å². The van der Waals surface area contributed by atoms with E-state index in [9.17, 15) is 14.7 Å². The van der Waals surface area contributed by atoms with E-state index in [4.69, 9.17) is 4.74 Å². The second-order valence-corrected chi connectivity index (χ2v) is 8.54. The molecule has 0 saturated carbocycles. The van der Waals surface area contributed by atoms with Gasteiger partial charge in [-0.3, -0.25) is 0 Å². The van der Waals surface area contributed by atoms with Crippen LogP contribution in [0.3, 0.4) is 0 Å². The summed E-state index contributed by atoms with van der Waals surface area (Å²) >= 11 is 1.69. The molecule has 0 bridgehead atoms. The number of thioether (sulfide) groups is 1. The van der Waals surface area contributed by atoms with Crippen LogP contribution in [-0.4, -0.2) is 29.9 Å². The third kappa shape index (κ3) is 5.20. The van der Waals surface area contributed by atoms with E-state index in [-0.39, 0.29) is 5.57 Å². The van der Waals surface area contributed by atoms with E-state index in [0.29, 0.717) is 17.0 Å². The van der Waals surface area contributed by atoms with Crippen molar-refractivity contribution in [2.24, 2.45) is 0 Å². The Kier molecular flexibility index (Phi) is 7.58. The minimum absolute atomic E-state index is 0.170. The monoisotopic (exact) mass is 437 g/mol. The highest BCUT2D eigenvalue weighted by atomic mass is 32.2. The van der Waals surface area contributed by atoms with Gasteiger partial charge >= 0.3 is 11.9 Å². The molecule has 0 spiro atoms. The predicted octanol–water partition coefficient (Wildman–Crippen LogP) is 4.90. The Morgan fingerprint density at radius 1 is 1.00 bits per heavy atom. The molecule has 0 aliphatic carbocycles. The molecule has 6 heteroatoms. The molecule has 2 aromatic rings. The summed E-state index contributed by atoms with van der Waals surface area (Å²) in [6.45, 7) is 3.50. The molecular weight excluding hydrogens is 410 g/mol. The molecule has 0 amide bonds. The topological polar surface area (TPSA) is 75.6 Å². The van der Waals surface area contributed by atoms with Gasteiger partial charge in [0.25, 0.3) is 0 Å². The Morgan fingerprint density at radius 2 is 1.65 bits per heavy atom. The molecule has 0 fully saturated rings. The number of ether oxygens (including phenoxy) is 1. The van der Waals surface area contributed by atoms with Gasteiger partial charge in [-0.2, -0.15) is 0 Å². The first-order valence-corrected chi connectivity index (χ1v) is 11.2. The maximum atomic E-state index is 12.6. The minimum Gasteiger partial charge on any atom is -0.478 e. The van der Waals surface area contributed by atoms with Gasteiger partial charge in [-0.25, -0.2) is 9.59 Å². The van der Waals surface area contributed by atoms with Gasteiger partial charge in [-0.05, 0) is 49.6 Å². The molecule has 0 saturated heterocycles. The van der Waals surface area contributed by atoms with E-state index >= 15 is 0 Å². The third-order valence-corrected chi connectivity index (χ3v) is 6.51. The highest BCUT2D eigenvalue weighted by Gasteiger charge is 2.38. The smallest absolute Gasteiger partial charge is 0.336 e. The summed E-state index contributed by atoms with van der Waals surface area (Å²) in [6, 6.07) is 18.1. The Morgan fingerprint density at radius 3 is 2.32 bits per heavy atom. The van der Waals surface area contributed by atoms with Crippen molar-refractivity contribution in [3.8, 4) is 0 Å². The van der Waals surface area contributed by atoms with Gasteiger partial charge in [0.2, 0.25) is 0 Å². The summed E-state index contributed by atoms with van der Waals surface area (Å²) in [5.41, 5.74) is 3.76. The SMILES string of the molecule is COC(=O)C1=C(C)NC(C)=C(C(=O)O)C1c1ccccc1SCCCc1ccccc1. The molecule has 162 valence electrons. The minimum atomic E-state index is -1.05. The first kappa shape index (κ1) is 22.7. The van der Waals surface area contributed by atoms with Crippen LogP contribution < -0.4 is 5.32 Å². The molecule has 1 aliphatic rings. The lowest BCUT2D eigenvalue weighted by Gasteiger charge is -2.30. The van der Waals surface area contributed by atoms with Crippen LogP contribution in [0.5, 0.6) is 0 Å². The highest BCUT2D eigenvalue weighted by Crippen LogP contribution is 2.42. The van der Waals surface area contributed by atoms with Crippen LogP contribution >= 0.6 is 11.8 Å². The van der Waals surface area contributed by atoms with Crippen LogP contribution in [0.4, 0.5) is 0 Å². The fourth-order valence-corrected chi connectivity index (χ4v) is 4.96. The molecule has 31 heavy (non-hydrogen) atoms. The highest BCUT2D eigenvalue weighted by molar-refractivity contribution is 7.99. The van der Waals surface area contributed by atoms with Crippen molar-refractivity contribution in [3.05, 3.63) is 88.3 Å². The van der Waals surface area contributed by atoms with Crippen LogP contribution in [-0.2, 0) is 20.7 Å². The maximum absolute atomic E-state index is 12.6. The summed E-state index contributed by atoms with van der Waals surface area (Å²) in [5, 5.41) is 13.0. The summed E-state index contributed by atoms with van der Waals surface area (Å²) in [7, 11) is 1.32. The van der Waals surface area contributed by atoms with Crippen LogP contribution in [0.15, 0.2) is 82.0 Å². The molecule has 2 aromatic carbocycles. The molecule has 1 unspecified atom stereocenters. The van der Waals surface area contributed by atoms with Crippen molar-refractivity contribution in [3.63, 3.8) is 0 Å². The lowest BCUT2D eigenvalue weighted by molar-refractivity contribution is -0.136. The third-order valence-electron chi connectivity index (χ3n) is 5.34.